The number of rotatable bonds is 12. The zero-order valence-electron chi connectivity index (χ0n) is 31.5. The normalized spacial score (nSPS) is 16.1. The summed E-state index contributed by atoms with van der Waals surface area (Å²) in [5, 5.41) is 22.6. The van der Waals surface area contributed by atoms with Crippen LogP contribution < -0.4 is 14.7 Å². The van der Waals surface area contributed by atoms with Crippen molar-refractivity contribution in [3.63, 3.8) is 0 Å². The molecule has 2 aliphatic heterocycles. The zero-order chi connectivity index (χ0) is 37.9. The first-order valence-electron chi connectivity index (χ1n) is 19.2. The molecule has 2 unspecified atom stereocenters. The molecule has 2 heterocycles. The number of carbonyl (C=O) groups is 2. The summed E-state index contributed by atoms with van der Waals surface area (Å²) in [6.45, 7) is 12.3. The number of allylic oxidation sites excluding steroid dienone is 3. The van der Waals surface area contributed by atoms with Gasteiger partial charge in [-0.1, -0.05) is 70.2 Å². The van der Waals surface area contributed by atoms with E-state index in [9.17, 15) is 19.8 Å². The summed E-state index contributed by atoms with van der Waals surface area (Å²) in [7, 11) is 0. The number of ether oxygens (including phenoxy) is 1. The average Bonchev–Trinajstić information content (AvgIpc) is 3.17. The zero-order valence-corrected chi connectivity index (χ0v) is 31.5. The first kappa shape index (κ1) is 36.6. The molecule has 7 rings (SSSR count). The van der Waals surface area contributed by atoms with Crippen LogP contribution in [0.5, 0.6) is 5.75 Å². The maximum absolute atomic E-state index is 12.7. The van der Waals surface area contributed by atoms with E-state index in [1.807, 2.05) is 42.5 Å². The van der Waals surface area contributed by atoms with Gasteiger partial charge in [0.2, 0.25) is 11.1 Å². The van der Waals surface area contributed by atoms with Crippen molar-refractivity contribution in [2.45, 2.75) is 59.3 Å². The first-order valence-corrected chi connectivity index (χ1v) is 19.2. The Morgan fingerprint density at radius 2 is 1.35 bits per heavy atom. The molecule has 3 aromatic carbocycles. The van der Waals surface area contributed by atoms with Crippen molar-refractivity contribution >= 4 is 28.6 Å². The minimum absolute atomic E-state index is 0.183. The molecule has 3 aromatic rings. The van der Waals surface area contributed by atoms with Gasteiger partial charge in [0.1, 0.15) is 49.0 Å². The molecule has 0 saturated heterocycles. The summed E-state index contributed by atoms with van der Waals surface area (Å²) >= 11 is 0. The van der Waals surface area contributed by atoms with Gasteiger partial charge in [0.25, 0.3) is 0 Å². The fraction of sp³-hybridized carbons (Fsp3) is 0.304. The molecule has 54 heavy (non-hydrogen) atoms. The van der Waals surface area contributed by atoms with Crippen molar-refractivity contribution in [2.75, 3.05) is 26.2 Å². The van der Waals surface area contributed by atoms with Crippen molar-refractivity contribution in [3.05, 3.63) is 130 Å². The standard InChI is InChI=1S/C46H46N2O6/c1-5-21-47(22-6-2)29-17-19-35-39(25-29)53-41-28-42-38(27-37(41)43(35)31-13-9-11-15-33(31)45(49)50)44(32-14-10-12-16-34(32)46(51)52)36-20-18-30(26-40(36)54-42)48(23-7-3)24-8-4/h9-20,25-28,35,43H,5-8,21-24H2,1-4H3/p+2. The van der Waals surface area contributed by atoms with Crippen LogP contribution in [-0.4, -0.2) is 58.6 Å². The molecule has 0 saturated carbocycles. The smallest absolute Gasteiger partial charge is 0.336 e. The SMILES string of the molecule is CCC[N+](CCC)=C1C=CC2C(=C1)Oc1cc3oc4cc(=[N+](CCC)CCC)ccc-4c(-c4ccccc4C(=O)O)c3cc1C2c1ccccc1C(=O)O. The van der Waals surface area contributed by atoms with Crippen LogP contribution in [-0.2, 0) is 0 Å². The van der Waals surface area contributed by atoms with Gasteiger partial charge in [0.15, 0.2) is 0 Å². The average molecular weight is 725 g/mol. The van der Waals surface area contributed by atoms with Crippen LogP contribution in [0.25, 0.3) is 33.4 Å². The summed E-state index contributed by atoms with van der Waals surface area (Å²) in [6, 6.07) is 24.4. The minimum atomic E-state index is -1.02. The Bertz CT molecular complexity index is 2380. The molecule has 276 valence electrons. The number of carboxylic acids is 2. The predicted octanol–water partition coefficient (Wildman–Crippen LogP) is 9.06. The van der Waals surface area contributed by atoms with E-state index in [2.05, 4.69) is 67.2 Å². The molecule has 0 radical (unpaired) electrons. The van der Waals surface area contributed by atoms with Crippen molar-refractivity contribution < 1.29 is 33.5 Å². The van der Waals surface area contributed by atoms with Crippen molar-refractivity contribution in [2.24, 2.45) is 5.92 Å². The lowest BCUT2D eigenvalue weighted by Crippen LogP contribution is -2.31. The Labute approximate surface area is 316 Å². The lowest BCUT2D eigenvalue weighted by Gasteiger charge is -2.36. The number of fused-ring (bicyclic) bond motifs is 4. The molecule has 2 atom stereocenters. The Morgan fingerprint density at radius 1 is 0.704 bits per heavy atom. The number of aromatic carboxylic acids is 2. The number of nitrogens with zero attached hydrogens (tertiary/aromatic N) is 2. The summed E-state index contributed by atoms with van der Waals surface area (Å²) in [5.41, 5.74) is 5.62. The maximum Gasteiger partial charge on any atom is 0.336 e. The summed E-state index contributed by atoms with van der Waals surface area (Å²) in [6.07, 6.45) is 10.4. The second kappa shape index (κ2) is 15.7. The van der Waals surface area contributed by atoms with Crippen LogP contribution >= 0.6 is 0 Å². The van der Waals surface area contributed by atoms with E-state index in [1.54, 1.807) is 24.3 Å². The lowest BCUT2D eigenvalue weighted by atomic mass is 9.74. The molecular weight excluding hydrogens is 677 g/mol. The van der Waals surface area contributed by atoms with Gasteiger partial charge in [0.05, 0.1) is 17.2 Å². The molecule has 0 aromatic heterocycles. The Kier molecular flexibility index (Phi) is 10.6. The van der Waals surface area contributed by atoms with Crippen LogP contribution in [0.1, 0.15) is 91.1 Å². The van der Waals surface area contributed by atoms with Crippen LogP contribution in [0.4, 0.5) is 0 Å². The largest absolute Gasteiger partial charge is 0.478 e. The van der Waals surface area contributed by atoms with Crippen LogP contribution in [0.2, 0.25) is 0 Å². The van der Waals surface area contributed by atoms with Gasteiger partial charge in [-0.3, -0.25) is 0 Å². The minimum Gasteiger partial charge on any atom is -0.478 e. The molecule has 0 spiro atoms. The number of benzene rings is 4. The van der Waals surface area contributed by atoms with Crippen molar-refractivity contribution in [3.8, 4) is 28.2 Å². The molecule has 0 amide bonds. The molecule has 8 nitrogen and oxygen atoms in total. The molecule has 8 heteroatoms. The van der Waals surface area contributed by atoms with Crippen LogP contribution in [0.3, 0.4) is 0 Å². The topological polar surface area (TPSA) is 103 Å². The highest BCUT2D eigenvalue weighted by Crippen LogP contribution is 2.51. The lowest BCUT2D eigenvalue weighted by molar-refractivity contribution is -0.526. The molecular formula is C46H48N2O6+2. The van der Waals surface area contributed by atoms with E-state index in [0.29, 0.717) is 28.2 Å². The van der Waals surface area contributed by atoms with Crippen molar-refractivity contribution in [1.29, 1.82) is 0 Å². The number of hydrogen-bond acceptors (Lipinski definition) is 4. The van der Waals surface area contributed by atoms with E-state index in [4.69, 9.17) is 9.15 Å². The highest BCUT2D eigenvalue weighted by molar-refractivity contribution is 6.08. The third-order valence-electron chi connectivity index (χ3n) is 10.5. The van der Waals surface area contributed by atoms with Gasteiger partial charge in [-0.25, -0.2) is 18.7 Å². The van der Waals surface area contributed by atoms with Gasteiger partial charge < -0.3 is 19.4 Å². The second-order valence-corrected chi connectivity index (χ2v) is 14.2. The van der Waals surface area contributed by atoms with Gasteiger partial charge in [-0.15, -0.1) is 0 Å². The molecule has 0 fully saturated rings. The monoisotopic (exact) mass is 724 g/mol. The highest BCUT2D eigenvalue weighted by Gasteiger charge is 2.40. The number of hydrogen-bond donors (Lipinski definition) is 2. The Balaban J connectivity index is 1.57. The van der Waals surface area contributed by atoms with E-state index >= 15 is 0 Å². The van der Waals surface area contributed by atoms with Gasteiger partial charge in [-0.05, 0) is 35.4 Å². The summed E-state index contributed by atoms with van der Waals surface area (Å²) in [4.78, 5) is 25.4. The van der Waals surface area contributed by atoms with Crippen LogP contribution in [0.15, 0.2) is 107 Å². The fourth-order valence-corrected chi connectivity index (χ4v) is 8.25. The van der Waals surface area contributed by atoms with Gasteiger partial charge >= 0.3 is 11.9 Å². The Hall–Kier alpha value is -5.76. The third-order valence-corrected chi connectivity index (χ3v) is 10.5. The second-order valence-electron chi connectivity index (χ2n) is 14.2. The third kappa shape index (κ3) is 6.77. The summed E-state index contributed by atoms with van der Waals surface area (Å²) in [5.74, 6) is -0.736. The molecule has 4 aliphatic rings. The van der Waals surface area contributed by atoms with Crippen LogP contribution in [0, 0.1) is 5.92 Å². The molecule has 2 N–H and O–H groups in total. The van der Waals surface area contributed by atoms with Gasteiger partial charge in [-0.2, -0.15) is 0 Å². The van der Waals surface area contributed by atoms with E-state index in [-0.39, 0.29) is 17.0 Å². The maximum atomic E-state index is 12.7. The molecule has 0 bridgehead atoms. The van der Waals surface area contributed by atoms with E-state index in [0.717, 1.165) is 90.8 Å². The molecule has 2 aliphatic carbocycles. The van der Waals surface area contributed by atoms with E-state index in [1.165, 1.54) is 0 Å². The van der Waals surface area contributed by atoms with Gasteiger partial charge in [0, 0.05) is 83.9 Å². The quantitative estimate of drug-likeness (QED) is 0.0984. The van der Waals surface area contributed by atoms with Crippen molar-refractivity contribution in [1.82, 2.24) is 4.58 Å². The highest BCUT2D eigenvalue weighted by atomic mass is 16.5. The first-order chi connectivity index (χ1) is 26.3. The fourth-order valence-electron chi connectivity index (χ4n) is 8.25. The Morgan fingerprint density at radius 3 is 2.04 bits per heavy atom. The summed E-state index contributed by atoms with van der Waals surface area (Å²) < 4.78 is 18.3. The van der Waals surface area contributed by atoms with E-state index < -0.39 is 17.9 Å². The number of carboxylic acid groups (broad SMARTS) is 2. The predicted molar refractivity (Wildman–Crippen MR) is 213 cm³/mol.